The number of benzene rings is 1. The smallest absolute Gasteiger partial charge is 0.338 e. The number of carbonyl (C=O) groups is 3. The number of nitrogens with zero attached hydrogens (tertiary/aromatic N) is 1. The zero-order valence-electron chi connectivity index (χ0n) is 18.5. The molecule has 0 atom stereocenters. The summed E-state index contributed by atoms with van der Waals surface area (Å²) < 4.78 is 5.09. The topological polar surface area (TPSA) is 87.7 Å². The van der Waals surface area contributed by atoms with Crippen LogP contribution in [0.3, 0.4) is 0 Å². The van der Waals surface area contributed by atoms with Gasteiger partial charge < -0.3 is 15.0 Å². The summed E-state index contributed by atoms with van der Waals surface area (Å²) in [5.74, 6) is 0.919. The molecule has 4 aliphatic carbocycles. The molecule has 0 saturated heterocycles. The Morgan fingerprint density at radius 3 is 2.03 bits per heavy atom. The molecule has 5 rings (SSSR count). The van der Waals surface area contributed by atoms with Gasteiger partial charge in [-0.05, 0) is 94.4 Å². The predicted octanol–water partition coefficient (Wildman–Crippen LogP) is 3.48. The lowest BCUT2D eigenvalue weighted by Crippen LogP contribution is -2.62. The maximum atomic E-state index is 12.4. The van der Waals surface area contributed by atoms with E-state index in [-0.39, 0.29) is 5.54 Å². The van der Waals surface area contributed by atoms with Gasteiger partial charge in [0.2, 0.25) is 0 Å². The molecule has 0 aliphatic heterocycles. The van der Waals surface area contributed by atoms with E-state index < -0.39 is 24.5 Å². The maximum Gasteiger partial charge on any atom is 0.338 e. The Hall–Kier alpha value is -2.57. The predicted molar refractivity (Wildman–Crippen MR) is 118 cm³/mol. The number of imide groups is 1. The minimum absolute atomic E-state index is 0.164. The zero-order chi connectivity index (χ0) is 22.0. The van der Waals surface area contributed by atoms with Crippen LogP contribution < -0.4 is 15.5 Å². The molecule has 4 bridgehead atoms. The van der Waals surface area contributed by atoms with Gasteiger partial charge in [0, 0.05) is 24.3 Å². The highest BCUT2D eigenvalue weighted by Gasteiger charge is 2.51. The van der Waals surface area contributed by atoms with Crippen LogP contribution in [0.15, 0.2) is 24.3 Å². The van der Waals surface area contributed by atoms with E-state index in [0.717, 1.165) is 38.0 Å². The first-order valence-corrected chi connectivity index (χ1v) is 11.5. The first-order valence-electron chi connectivity index (χ1n) is 11.5. The molecule has 0 unspecified atom stereocenters. The number of urea groups is 1. The van der Waals surface area contributed by atoms with Gasteiger partial charge in [-0.25, -0.2) is 9.59 Å². The van der Waals surface area contributed by atoms with Crippen LogP contribution in [0.4, 0.5) is 10.5 Å². The molecular formula is C24H33N3O4. The third kappa shape index (κ3) is 4.86. The fourth-order valence-corrected chi connectivity index (χ4v) is 6.31. The van der Waals surface area contributed by atoms with Crippen molar-refractivity contribution in [3.63, 3.8) is 0 Å². The van der Waals surface area contributed by atoms with E-state index in [1.165, 1.54) is 19.3 Å². The lowest BCUT2D eigenvalue weighted by molar-refractivity contribution is -0.123. The highest BCUT2D eigenvalue weighted by Crippen LogP contribution is 2.55. The van der Waals surface area contributed by atoms with E-state index in [4.69, 9.17) is 4.74 Å². The minimum Gasteiger partial charge on any atom is -0.452 e. The molecule has 31 heavy (non-hydrogen) atoms. The third-order valence-corrected chi connectivity index (χ3v) is 7.24. The Labute approximate surface area is 183 Å². The normalized spacial score (nSPS) is 28.1. The molecule has 168 valence electrons. The highest BCUT2D eigenvalue weighted by molar-refractivity contribution is 5.97. The molecule has 4 fully saturated rings. The molecule has 7 heteroatoms. The quantitative estimate of drug-likeness (QED) is 0.651. The van der Waals surface area contributed by atoms with Gasteiger partial charge in [-0.3, -0.25) is 10.1 Å². The van der Waals surface area contributed by atoms with Crippen LogP contribution in [0, 0.1) is 17.8 Å². The van der Waals surface area contributed by atoms with E-state index >= 15 is 0 Å². The molecule has 1 aromatic rings. The van der Waals surface area contributed by atoms with Crippen LogP contribution in [-0.2, 0) is 9.53 Å². The van der Waals surface area contributed by atoms with E-state index in [9.17, 15) is 14.4 Å². The number of esters is 1. The van der Waals surface area contributed by atoms with Gasteiger partial charge in [0.1, 0.15) is 0 Å². The highest BCUT2D eigenvalue weighted by atomic mass is 16.5. The van der Waals surface area contributed by atoms with Crippen LogP contribution in [0.5, 0.6) is 0 Å². The summed E-state index contributed by atoms with van der Waals surface area (Å²) in [6.07, 6.45) is 6.89. The van der Waals surface area contributed by atoms with Crippen molar-refractivity contribution in [3.05, 3.63) is 29.8 Å². The lowest BCUT2D eigenvalue weighted by atomic mass is 9.53. The Morgan fingerprint density at radius 2 is 1.52 bits per heavy atom. The van der Waals surface area contributed by atoms with Crippen molar-refractivity contribution < 1.29 is 19.1 Å². The summed E-state index contributed by atoms with van der Waals surface area (Å²) in [5.41, 5.74) is 1.24. The van der Waals surface area contributed by atoms with Gasteiger partial charge in [0.25, 0.3) is 5.91 Å². The van der Waals surface area contributed by atoms with Crippen molar-refractivity contribution >= 4 is 23.6 Å². The number of rotatable bonds is 7. The van der Waals surface area contributed by atoms with Gasteiger partial charge >= 0.3 is 12.0 Å². The van der Waals surface area contributed by atoms with E-state index in [2.05, 4.69) is 29.4 Å². The second-order valence-electron chi connectivity index (χ2n) is 9.50. The van der Waals surface area contributed by atoms with Gasteiger partial charge in [-0.15, -0.1) is 0 Å². The van der Waals surface area contributed by atoms with E-state index in [0.29, 0.717) is 23.3 Å². The summed E-state index contributed by atoms with van der Waals surface area (Å²) in [5, 5.41) is 5.41. The van der Waals surface area contributed by atoms with Crippen LogP contribution in [0.1, 0.15) is 62.7 Å². The number of amides is 3. The fourth-order valence-electron chi connectivity index (χ4n) is 6.31. The fraction of sp³-hybridized carbons (Fsp3) is 0.625. The molecule has 1 aromatic carbocycles. The number of carbonyl (C=O) groups excluding carboxylic acids is 3. The molecule has 0 radical (unpaired) electrons. The number of hydrogen-bond donors (Lipinski definition) is 2. The molecule has 3 amide bonds. The zero-order valence-corrected chi connectivity index (χ0v) is 18.5. The van der Waals surface area contributed by atoms with Crippen molar-refractivity contribution in [3.8, 4) is 0 Å². The molecule has 0 aromatic heterocycles. The van der Waals surface area contributed by atoms with Crippen LogP contribution in [-0.4, -0.2) is 43.1 Å². The van der Waals surface area contributed by atoms with Gasteiger partial charge in [0.15, 0.2) is 6.61 Å². The molecule has 2 N–H and O–H groups in total. The number of nitrogens with one attached hydrogen (secondary N) is 2. The average Bonchev–Trinajstić information content (AvgIpc) is 2.72. The molecule has 7 nitrogen and oxygen atoms in total. The summed E-state index contributed by atoms with van der Waals surface area (Å²) >= 11 is 0. The van der Waals surface area contributed by atoms with Gasteiger partial charge in [-0.1, -0.05) is 0 Å². The van der Waals surface area contributed by atoms with Crippen molar-refractivity contribution in [1.29, 1.82) is 0 Å². The van der Waals surface area contributed by atoms with Gasteiger partial charge in [-0.2, -0.15) is 0 Å². The molecule has 0 spiro atoms. The Balaban J connectivity index is 1.24. The van der Waals surface area contributed by atoms with Crippen LogP contribution in [0.2, 0.25) is 0 Å². The van der Waals surface area contributed by atoms with Crippen molar-refractivity contribution in [2.75, 3.05) is 24.6 Å². The van der Waals surface area contributed by atoms with Crippen LogP contribution in [0.25, 0.3) is 0 Å². The lowest BCUT2D eigenvalue weighted by Gasteiger charge is -2.56. The molecule has 4 saturated carbocycles. The van der Waals surface area contributed by atoms with Crippen LogP contribution >= 0.6 is 0 Å². The van der Waals surface area contributed by atoms with Gasteiger partial charge in [0.05, 0.1) is 5.56 Å². The number of anilines is 1. The summed E-state index contributed by atoms with van der Waals surface area (Å²) in [4.78, 5) is 39.0. The average molecular weight is 428 g/mol. The second kappa shape index (κ2) is 8.89. The minimum atomic E-state index is -0.615. The maximum absolute atomic E-state index is 12.4. The molecular weight excluding hydrogens is 394 g/mol. The first kappa shape index (κ1) is 21.7. The number of ether oxygens (including phenoxy) is 1. The SMILES string of the molecule is CCN(CC)c1ccc(C(=O)OCC(=O)NC(=O)NC23CC4CC(CC(C4)C2)C3)cc1. The Kier molecular flexibility index (Phi) is 6.21. The number of hydrogen-bond acceptors (Lipinski definition) is 5. The first-order chi connectivity index (χ1) is 14.9. The standard InChI is InChI=1S/C24H33N3O4/c1-3-27(4-2)20-7-5-19(6-8-20)22(29)31-15-21(28)25-23(30)26-24-12-16-9-17(13-24)11-18(10-16)14-24/h5-8,16-18H,3-4,9-15H2,1-2H3,(H2,25,26,28,30). The third-order valence-electron chi connectivity index (χ3n) is 7.24. The summed E-state index contributed by atoms with van der Waals surface area (Å²) in [6.45, 7) is 5.43. The van der Waals surface area contributed by atoms with Crippen molar-refractivity contribution in [1.82, 2.24) is 10.6 Å². The summed E-state index contributed by atoms with van der Waals surface area (Å²) in [6, 6.07) is 6.62. The Bertz CT molecular complexity index is 796. The van der Waals surface area contributed by atoms with Crippen molar-refractivity contribution in [2.24, 2.45) is 17.8 Å². The molecule has 4 aliphatic rings. The monoisotopic (exact) mass is 427 g/mol. The largest absolute Gasteiger partial charge is 0.452 e. The Morgan fingerprint density at radius 1 is 0.968 bits per heavy atom. The van der Waals surface area contributed by atoms with E-state index in [1.54, 1.807) is 12.1 Å². The molecule has 0 heterocycles. The second-order valence-corrected chi connectivity index (χ2v) is 9.50. The van der Waals surface area contributed by atoms with E-state index in [1.807, 2.05) is 12.1 Å². The van der Waals surface area contributed by atoms with Crippen molar-refractivity contribution in [2.45, 2.75) is 57.9 Å². The summed E-state index contributed by atoms with van der Waals surface area (Å²) in [7, 11) is 0.